The quantitative estimate of drug-likeness (QED) is 0.708. The Morgan fingerprint density at radius 1 is 1.47 bits per heavy atom. The average Bonchev–Trinajstić information content (AvgIpc) is 2.24. The zero-order valence-corrected chi connectivity index (χ0v) is 8.90. The molecule has 15 heavy (non-hydrogen) atoms. The number of nitrogens with zero attached hydrogens (tertiary/aromatic N) is 1. The van der Waals surface area contributed by atoms with Crippen molar-refractivity contribution in [2.24, 2.45) is 5.41 Å². The van der Waals surface area contributed by atoms with Crippen LogP contribution >= 0.6 is 0 Å². The fourth-order valence-corrected chi connectivity index (χ4v) is 2.16. The van der Waals surface area contributed by atoms with Crippen LogP contribution in [0, 0.1) is 5.41 Å². The molecule has 80 valence electrons. The highest BCUT2D eigenvalue weighted by atomic mass is 16.5. The monoisotopic (exact) mass is 205 g/mol. The number of pyridine rings is 1. The SMILES string of the molecule is COC(=O)C1(Cc2ccncc2)CCC1. The van der Waals surface area contributed by atoms with E-state index in [1.54, 1.807) is 12.4 Å². The Morgan fingerprint density at radius 3 is 2.60 bits per heavy atom. The highest BCUT2D eigenvalue weighted by Crippen LogP contribution is 2.44. The molecule has 3 heteroatoms. The lowest BCUT2D eigenvalue weighted by Crippen LogP contribution is -2.40. The summed E-state index contributed by atoms with van der Waals surface area (Å²) in [6.07, 6.45) is 7.32. The van der Waals surface area contributed by atoms with E-state index in [4.69, 9.17) is 4.74 Å². The molecule has 0 amide bonds. The van der Waals surface area contributed by atoms with Gasteiger partial charge in [0.05, 0.1) is 12.5 Å². The molecule has 0 radical (unpaired) electrons. The number of carbonyl (C=O) groups excluding carboxylic acids is 1. The largest absolute Gasteiger partial charge is 0.469 e. The highest BCUT2D eigenvalue weighted by molar-refractivity contribution is 5.78. The zero-order valence-electron chi connectivity index (χ0n) is 8.90. The van der Waals surface area contributed by atoms with Gasteiger partial charge in [-0.1, -0.05) is 6.42 Å². The number of ether oxygens (including phenoxy) is 1. The molecule has 1 aliphatic rings. The maximum Gasteiger partial charge on any atom is 0.312 e. The molecule has 0 unspecified atom stereocenters. The molecule has 0 aliphatic heterocycles. The van der Waals surface area contributed by atoms with Gasteiger partial charge in [-0.15, -0.1) is 0 Å². The Kier molecular flexibility index (Phi) is 2.71. The van der Waals surface area contributed by atoms with Crippen molar-refractivity contribution in [2.75, 3.05) is 7.11 Å². The number of esters is 1. The summed E-state index contributed by atoms with van der Waals surface area (Å²) in [5.74, 6) is -0.0643. The molecule has 1 saturated carbocycles. The van der Waals surface area contributed by atoms with Gasteiger partial charge in [0.2, 0.25) is 0 Å². The van der Waals surface area contributed by atoms with E-state index in [0.717, 1.165) is 31.2 Å². The predicted octanol–water partition coefficient (Wildman–Crippen LogP) is 1.97. The van der Waals surface area contributed by atoms with Crippen molar-refractivity contribution < 1.29 is 9.53 Å². The van der Waals surface area contributed by atoms with E-state index in [-0.39, 0.29) is 11.4 Å². The van der Waals surface area contributed by atoms with Gasteiger partial charge in [0.15, 0.2) is 0 Å². The molecule has 1 aromatic rings. The van der Waals surface area contributed by atoms with Crippen LogP contribution < -0.4 is 0 Å². The first-order chi connectivity index (χ1) is 7.27. The lowest BCUT2D eigenvalue weighted by atomic mass is 9.65. The lowest BCUT2D eigenvalue weighted by Gasteiger charge is -2.38. The minimum atomic E-state index is -0.254. The molecular formula is C12H15NO2. The third-order valence-corrected chi connectivity index (χ3v) is 3.22. The van der Waals surface area contributed by atoms with Crippen molar-refractivity contribution in [3.8, 4) is 0 Å². The summed E-state index contributed by atoms with van der Waals surface area (Å²) in [5.41, 5.74) is 0.908. The molecule has 0 N–H and O–H groups in total. The predicted molar refractivity (Wildman–Crippen MR) is 56.2 cm³/mol. The Morgan fingerprint density at radius 2 is 2.13 bits per heavy atom. The minimum Gasteiger partial charge on any atom is -0.469 e. The second kappa shape index (κ2) is 4.01. The van der Waals surface area contributed by atoms with Gasteiger partial charge in [-0.3, -0.25) is 9.78 Å². The van der Waals surface area contributed by atoms with Crippen molar-refractivity contribution in [1.82, 2.24) is 4.98 Å². The Labute approximate surface area is 89.5 Å². The summed E-state index contributed by atoms with van der Waals surface area (Å²) in [6.45, 7) is 0. The van der Waals surface area contributed by atoms with Crippen LogP contribution in [0.15, 0.2) is 24.5 Å². The van der Waals surface area contributed by atoms with Gasteiger partial charge in [-0.2, -0.15) is 0 Å². The summed E-state index contributed by atoms with van der Waals surface area (Å²) in [5, 5.41) is 0. The van der Waals surface area contributed by atoms with Crippen molar-refractivity contribution in [3.05, 3.63) is 30.1 Å². The summed E-state index contributed by atoms with van der Waals surface area (Å²) in [7, 11) is 1.47. The fraction of sp³-hybridized carbons (Fsp3) is 0.500. The Bertz CT molecular complexity index is 344. The van der Waals surface area contributed by atoms with Crippen LogP contribution in [0.25, 0.3) is 0 Å². The Hall–Kier alpha value is -1.38. The first-order valence-electron chi connectivity index (χ1n) is 5.24. The van der Waals surface area contributed by atoms with Gasteiger partial charge in [0.1, 0.15) is 0 Å². The van der Waals surface area contributed by atoms with E-state index in [1.165, 1.54) is 7.11 Å². The molecule has 1 heterocycles. The molecule has 3 nitrogen and oxygen atoms in total. The van der Waals surface area contributed by atoms with Crippen LogP contribution in [-0.4, -0.2) is 18.1 Å². The summed E-state index contributed by atoms with van der Waals surface area (Å²) >= 11 is 0. The van der Waals surface area contributed by atoms with Crippen molar-refractivity contribution in [3.63, 3.8) is 0 Å². The van der Waals surface area contributed by atoms with E-state index in [1.807, 2.05) is 12.1 Å². The molecule has 1 aliphatic carbocycles. The average molecular weight is 205 g/mol. The maximum atomic E-state index is 11.7. The number of aromatic nitrogens is 1. The van der Waals surface area contributed by atoms with Crippen LogP contribution in [0.4, 0.5) is 0 Å². The van der Waals surface area contributed by atoms with Gasteiger partial charge < -0.3 is 4.74 Å². The summed E-state index contributed by atoms with van der Waals surface area (Å²) in [4.78, 5) is 15.7. The molecule has 0 bridgehead atoms. The van der Waals surface area contributed by atoms with Crippen molar-refractivity contribution in [1.29, 1.82) is 0 Å². The zero-order chi connectivity index (χ0) is 10.7. The maximum absolute atomic E-state index is 11.7. The summed E-state index contributed by atoms with van der Waals surface area (Å²) < 4.78 is 4.88. The number of carbonyl (C=O) groups is 1. The minimum absolute atomic E-state index is 0.0643. The first-order valence-corrected chi connectivity index (χ1v) is 5.24. The molecule has 0 saturated heterocycles. The molecule has 1 aromatic heterocycles. The first kappa shape index (κ1) is 10.1. The van der Waals surface area contributed by atoms with Crippen LogP contribution in [-0.2, 0) is 16.0 Å². The van der Waals surface area contributed by atoms with Crippen LogP contribution in [0.1, 0.15) is 24.8 Å². The molecule has 0 spiro atoms. The molecular weight excluding hydrogens is 190 g/mol. The number of rotatable bonds is 3. The molecule has 0 atom stereocenters. The van der Waals surface area contributed by atoms with Gasteiger partial charge in [0, 0.05) is 12.4 Å². The third-order valence-electron chi connectivity index (χ3n) is 3.22. The van der Waals surface area contributed by atoms with Gasteiger partial charge in [-0.25, -0.2) is 0 Å². The second-order valence-electron chi connectivity index (χ2n) is 4.16. The normalized spacial score (nSPS) is 17.9. The van der Waals surface area contributed by atoms with Gasteiger partial charge in [-0.05, 0) is 37.0 Å². The number of hydrogen-bond acceptors (Lipinski definition) is 3. The van der Waals surface area contributed by atoms with Gasteiger partial charge in [0.25, 0.3) is 0 Å². The van der Waals surface area contributed by atoms with Crippen LogP contribution in [0.3, 0.4) is 0 Å². The van der Waals surface area contributed by atoms with Crippen LogP contribution in [0.2, 0.25) is 0 Å². The van der Waals surface area contributed by atoms with E-state index < -0.39 is 0 Å². The van der Waals surface area contributed by atoms with Crippen LogP contribution in [0.5, 0.6) is 0 Å². The topological polar surface area (TPSA) is 39.2 Å². The highest BCUT2D eigenvalue weighted by Gasteiger charge is 2.44. The van der Waals surface area contributed by atoms with Gasteiger partial charge >= 0.3 is 5.97 Å². The van der Waals surface area contributed by atoms with E-state index >= 15 is 0 Å². The fourth-order valence-electron chi connectivity index (χ4n) is 2.16. The smallest absolute Gasteiger partial charge is 0.312 e. The molecule has 2 rings (SSSR count). The van der Waals surface area contributed by atoms with Crippen molar-refractivity contribution in [2.45, 2.75) is 25.7 Å². The summed E-state index contributed by atoms with van der Waals surface area (Å²) in [6, 6.07) is 3.92. The number of methoxy groups -OCH3 is 1. The standard InChI is InChI=1S/C12H15NO2/c1-15-11(14)12(5-2-6-12)9-10-3-7-13-8-4-10/h3-4,7-8H,2,5-6,9H2,1H3. The molecule has 0 aromatic carbocycles. The lowest BCUT2D eigenvalue weighted by molar-refractivity contribution is -0.158. The van der Waals surface area contributed by atoms with E-state index in [0.29, 0.717) is 0 Å². The second-order valence-corrected chi connectivity index (χ2v) is 4.16. The van der Waals surface area contributed by atoms with E-state index in [9.17, 15) is 4.79 Å². The van der Waals surface area contributed by atoms with E-state index in [2.05, 4.69) is 4.98 Å². The third kappa shape index (κ3) is 1.87. The Balaban J connectivity index is 2.12. The van der Waals surface area contributed by atoms with Crippen molar-refractivity contribution >= 4 is 5.97 Å². The molecule has 1 fully saturated rings. The number of hydrogen-bond donors (Lipinski definition) is 0.